The predicted octanol–water partition coefficient (Wildman–Crippen LogP) is 2.77. The van der Waals surface area contributed by atoms with Gasteiger partial charge in [0, 0.05) is 11.6 Å². The Morgan fingerprint density at radius 2 is 2.05 bits per heavy atom. The number of nitrogen functional groups attached to an aromatic ring is 1. The van der Waals surface area contributed by atoms with Crippen molar-refractivity contribution in [1.29, 1.82) is 0 Å². The zero-order valence-corrected chi connectivity index (χ0v) is 10.7. The van der Waals surface area contributed by atoms with E-state index in [1.165, 1.54) is 19.3 Å². The van der Waals surface area contributed by atoms with Crippen molar-refractivity contribution in [3.8, 4) is 0 Å². The van der Waals surface area contributed by atoms with E-state index >= 15 is 0 Å². The smallest absolute Gasteiger partial charge is 0.221 e. The lowest BCUT2D eigenvalue weighted by atomic mass is 9.81. The van der Waals surface area contributed by atoms with Crippen LogP contribution in [0, 0.1) is 0 Å². The van der Waals surface area contributed by atoms with Gasteiger partial charge in [-0.3, -0.25) is 0 Å². The van der Waals surface area contributed by atoms with Crippen LogP contribution in [0.5, 0.6) is 0 Å². The van der Waals surface area contributed by atoms with Gasteiger partial charge in [-0.15, -0.1) is 5.11 Å². The van der Waals surface area contributed by atoms with Crippen molar-refractivity contribution in [2.24, 2.45) is 10.2 Å². The molecule has 0 atom stereocenters. The Bertz CT molecular complexity index is 665. The molecule has 6 nitrogen and oxygen atoms in total. The van der Waals surface area contributed by atoms with Gasteiger partial charge in [0.2, 0.25) is 5.95 Å². The molecular weight excluding hydrogens is 240 g/mol. The third kappa shape index (κ3) is 1.49. The molecule has 2 aromatic rings. The molecule has 1 fully saturated rings. The molecule has 0 aromatic carbocycles. The van der Waals surface area contributed by atoms with Crippen molar-refractivity contribution >= 4 is 22.8 Å². The molecule has 0 amide bonds. The number of anilines is 1. The first-order chi connectivity index (χ1) is 9.28. The average Bonchev–Trinajstić information content (AvgIpc) is 2.79. The summed E-state index contributed by atoms with van der Waals surface area (Å²) in [5, 5.41) is 9.62. The molecule has 2 aromatic heterocycles. The Hall–Kier alpha value is -1.98. The normalized spacial score (nSPS) is 20.8. The molecule has 1 aliphatic carbocycles. The Morgan fingerprint density at radius 3 is 2.89 bits per heavy atom. The van der Waals surface area contributed by atoms with Crippen LogP contribution >= 0.6 is 0 Å². The predicted molar refractivity (Wildman–Crippen MR) is 72.4 cm³/mol. The van der Waals surface area contributed by atoms with Crippen LogP contribution < -0.4 is 5.73 Å². The number of azo groups is 1. The van der Waals surface area contributed by atoms with Crippen LogP contribution in [-0.4, -0.2) is 21.1 Å². The standard InChI is InChI=1S/C13H16N6/c14-12-15-7-9-6-10-18-16-8-13(4-2-1-3-5-13)19(10)11(9)17-12/h6-7H,1-5,8H2,(H2,14,15,17). The van der Waals surface area contributed by atoms with Crippen LogP contribution in [-0.2, 0) is 5.54 Å². The monoisotopic (exact) mass is 256 g/mol. The molecule has 0 bridgehead atoms. The summed E-state index contributed by atoms with van der Waals surface area (Å²) in [5.41, 5.74) is 6.70. The average molecular weight is 256 g/mol. The van der Waals surface area contributed by atoms with Gasteiger partial charge >= 0.3 is 0 Å². The van der Waals surface area contributed by atoms with Crippen LogP contribution in [0.15, 0.2) is 22.5 Å². The second kappa shape index (κ2) is 3.76. The first-order valence-electron chi connectivity index (χ1n) is 6.81. The summed E-state index contributed by atoms with van der Waals surface area (Å²) < 4.78 is 2.26. The number of hydrogen-bond acceptors (Lipinski definition) is 5. The van der Waals surface area contributed by atoms with Crippen molar-refractivity contribution in [1.82, 2.24) is 14.5 Å². The Morgan fingerprint density at radius 1 is 1.21 bits per heavy atom. The minimum Gasteiger partial charge on any atom is -0.368 e. The summed E-state index contributed by atoms with van der Waals surface area (Å²) in [6, 6.07) is 2.01. The van der Waals surface area contributed by atoms with Crippen molar-refractivity contribution in [2.75, 3.05) is 12.3 Å². The maximum atomic E-state index is 5.74. The highest BCUT2D eigenvalue weighted by atomic mass is 15.3. The summed E-state index contributed by atoms with van der Waals surface area (Å²) in [4.78, 5) is 8.49. The molecule has 0 unspecified atom stereocenters. The lowest BCUT2D eigenvalue weighted by molar-refractivity contribution is 0.200. The van der Waals surface area contributed by atoms with Crippen molar-refractivity contribution in [2.45, 2.75) is 37.6 Å². The van der Waals surface area contributed by atoms with Gasteiger partial charge in [-0.2, -0.15) is 10.1 Å². The third-order valence-corrected chi connectivity index (χ3v) is 4.34. The van der Waals surface area contributed by atoms with Gasteiger partial charge in [0.1, 0.15) is 5.65 Å². The van der Waals surface area contributed by atoms with Crippen molar-refractivity contribution in [3.63, 3.8) is 0 Å². The van der Waals surface area contributed by atoms with Crippen molar-refractivity contribution in [3.05, 3.63) is 12.3 Å². The summed E-state index contributed by atoms with van der Waals surface area (Å²) in [7, 11) is 0. The molecule has 98 valence electrons. The Balaban J connectivity index is 2.00. The minimum absolute atomic E-state index is 0.0534. The molecule has 0 saturated heterocycles. The number of rotatable bonds is 0. The van der Waals surface area contributed by atoms with Gasteiger partial charge in [-0.05, 0) is 18.9 Å². The van der Waals surface area contributed by atoms with E-state index in [1.807, 2.05) is 6.07 Å². The fourth-order valence-corrected chi connectivity index (χ4v) is 3.43. The molecule has 1 spiro atoms. The van der Waals surface area contributed by atoms with E-state index in [0.717, 1.165) is 36.2 Å². The SMILES string of the molecule is Nc1ncc2cc3n(c2n1)C1(CCCCC1)CN=N3. The van der Waals surface area contributed by atoms with Gasteiger partial charge in [0.05, 0.1) is 12.1 Å². The van der Waals surface area contributed by atoms with E-state index in [1.54, 1.807) is 6.20 Å². The zero-order valence-electron chi connectivity index (χ0n) is 10.7. The molecule has 19 heavy (non-hydrogen) atoms. The molecule has 2 N–H and O–H groups in total. The lowest BCUT2D eigenvalue weighted by Gasteiger charge is -2.39. The van der Waals surface area contributed by atoms with Crippen LogP contribution in [0.2, 0.25) is 0 Å². The molecule has 4 rings (SSSR count). The van der Waals surface area contributed by atoms with E-state index < -0.39 is 0 Å². The Kier molecular flexibility index (Phi) is 2.15. The molecule has 3 heterocycles. The summed E-state index contributed by atoms with van der Waals surface area (Å²) in [5.74, 6) is 1.21. The highest BCUT2D eigenvalue weighted by Crippen LogP contribution is 2.43. The highest BCUT2D eigenvalue weighted by Gasteiger charge is 2.38. The quantitative estimate of drug-likeness (QED) is 0.786. The number of fused-ring (bicyclic) bond motifs is 4. The summed E-state index contributed by atoms with van der Waals surface area (Å²) in [6.45, 7) is 0.758. The van der Waals surface area contributed by atoms with Gasteiger partial charge in [-0.1, -0.05) is 19.3 Å². The van der Waals surface area contributed by atoms with Crippen LogP contribution in [0.4, 0.5) is 11.8 Å². The van der Waals surface area contributed by atoms with Crippen molar-refractivity contribution < 1.29 is 0 Å². The first kappa shape index (κ1) is 10.9. The van der Waals surface area contributed by atoms with E-state index in [9.17, 15) is 0 Å². The van der Waals surface area contributed by atoms with Crippen LogP contribution in [0.25, 0.3) is 11.0 Å². The molecule has 6 heteroatoms. The molecule has 1 saturated carbocycles. The second-order valence-corrected chi connectivity index (χ2v) is 5.53. The van der Waals surface area contributed by atoms with Crippen LogP contribution in [0.3, 0.4) is 0 Å². The maximum absolute atomic E-state index is 5.74. The molecule has 0 radical (unpaired) electrons. The van der Waals surface area contributed by atoms with Gasteiger partial charge < -0.3 is 10.3 Å². The molecular formula is C13H16N6. The first-order valence-corrected chi connectivity index (χ1v) is 6.81. The van der Waals surface area contributed by atoms with E-state index in [2.05, 4.69) is 24.8 Å². The van der Waals surface area contributed by atoms with Gasteiger partial charge in [-0.25, -0.2) is 4.98 Å². The number of aromatic nitrogens is 3. The number of nitrogens with zero attached hydrogens (tertiary/aromatic N) is 5. The maximum Gasteiger partial charge on any atom is 0.221 e. The van der Waals surface area contributed by atoms with Gasteiger partial charge in [0.15, 0.2) is 5.82 Å². The second-order valence-electron chi connectivity index (χ2n) is 5.53. The largest absolute Gasteiger partial charge is 0.368 e. The lowest BCUT2D eigenvalue weighted by Crippen LogP contribution is -2.40. The van der Waals surface area contributed by atoms with E-state index in [4.69, 9.17) is 5.73 Å². The highest BCUT2D eigenvalue weighted by molar-refractivity contribution is 5.81. The summed E-state index contributed by atoms with van der Waals surface area (Å²) >= 11 is 0. The number of nitrogens with two attached hydrogens (primary N) is 1. The topological polar surface area (TPSA) is 81.5 Å². The third-order valence-electron chi connectivity index (χ3n) is 4.34. The molecule has 2 aliphatic rings. The fourth-order valence-electron chi connectivity index (χ4n) is 3.43. The van der Waals surface area contributed by atoms with E-state index in [-0.39, 0.29) is 5.54 Å². The minimum atomic E-state index is 0.0534. The molecule has 1 aliphatic heterocycles. The number of hydrogen-bond donors (Lipinski definition) is 1. The Labute approximate surface area is 110 Å². The zero-order chi connectivity index (χ0) is 12.9. The van der Waals surface area contributed by atoms with E-state index in [0.29, 0.717) is 5.95 Å². The summed E-state index contributed by atoms with van der Waals surface area (Å²) in [6.07, 6.45) is 7.86. The fraction of sp³-hybridized carbons (Fsp3) is 0.538. The van der Waals surface area contributed by atoms with Crippen LogP contribution in [0.1, 0.15) is 32.1 Å². The van der Waals surface area contributed by atoms with Gasteiger partial charge in [0.25, 0.3) is 0 Å².